The first-order valence-electron chi connectivity index (χ1n) is 1.92. The van der Waals surface area contributed by atoms with E-state index in [0.29, 0.717) is 0 Å². The minimum Gasteiger partial charge on any atom is -0.294 e. The zero-order valence-corrected chi connectivity index (χ0v) is 5.39. The highest BCUT2D eigenvalue weighted by molar-refractivity contribution is 7.65. The molecule has 0 aromatic heterocycles. The second kappa shape index (κ2) is 2.61. The van der Waals surface area contributed by atoms with Gasteiger partial charge in [-0.15, -0.1) is 4.76 Å². The second-order valence-electron chi connectivity index (χ2n) is 1.32. The van der Waals surface area contributed by atoms with Crippen LogP contribution < -0.4 is 0 Å². The summed E-state index contributed by atoms with van der Waals surface area (Å²) >= 11 is 0. The van der Waals surface area contributed by atoms with E-state index in [2.05, 4.69) is 11.3 Å². The number of hydrogen-bond donors (Lipinski definition) is 0. The predicted molar refractivity (Wildman–Crippen MR) is 31.8 cm³/mol. The summed E-state index contributed by atoms with van der Waals surface area (Å²) in [6, 6.07) is 0. The minimum atomic E-state index is -2.71. The zero-order valence-electron chi connectivity index (χ0n) is 4.50. The van der Waals surface area contributed by atoms with Crippen molar-refractivity contribution in [1.82, 2.24) is 0 Å². The molecule has 0 aliphatic heterocycles. The van der Waals surface area contributed by atoms with Crippen molar-refractivity contribution in [2.45, 2.75) is 0 Å². The topological polar surface area (TPSA) is 46.5 Å². The van der Waals surface area contributed by atoms with Crippen LogP contribution in [0.3, 0.4) is 0 Å². The molecule has 0 aromatic carbocycles. The Labute approximate surface area is 47.5 Å². The highest BCUT2D eigenvalue weighted by atomic mass is 31.2. The summed E-state index contributed by atoms with van der Waals surface area (Å²) in [6.07, 6.45) is 1.20. The smallest absolute Gasteiger partial charge is 0.242 e. The van der Waals surface area contributed by atoms with Crippen LogP contribution in [0, 0.1) is 0 Å². The summed E-state index contributed by atoms with van der Waals surface area (Å²) < 4.78 is 13.6. The van der Waals surface area contributed by atoms with Crippen LogP contribution >= 0.6 is 7.29 Å². The minimum absolute atomic E-state index is 1.15. The standard InChI is InChI=1S/C4H6NO2P/c1-3-8(2,7)5-4-6/h3H,1H2,2H3. The lowest BCUT2D eigenvalue weighted by molar-refractivity contribution is 0.563. The third-order valence-electron chi connectivity index (χ3n) is 0.578. The van der Waals surface area contributed by atoms with Gasteiger partial charge in [0.05, 0.1) is 0 Å². The highest BCUT2D eigenvalue weighted by Gasteiger charge is 2.03. The van der Waals surface area contributed by atoms with Crippen LogP contribution in [0.2, 0.25) is 0 Å². The van der Waals surface area contributed by atoms with Crippen LogP contribution in [0.1, 0.15) is 0 Å². The maximum absolute atomic E-state index is 10.6. The molecule has 0 aromatic rings. The zero-order chi connectivity index (χ0) is 6.62. The fourth-order valence-corrected chi connectivity index (χ4v) is 0.366. The first kappa shape index (κ1) is 7.35. The fourth-order valence-electron chi connectivity index (χ4n) is 0.122. The van der Waals surface area contributed by atoms with Gasteiger partial charge < -0.3 is 0 Å². The number of nitrogens with zero attached hydrogens (tertiary/aromatic N) is 1. The molecule has 0 N–H and O–H groups in total. The van der Waals surface area contributed by atoms with Gasteiger partial charge in [0.15, 0.2) is 0 Å². The molecular formula is C4H6NO2P. The number of carbonyl (C=O) groups excluding carboxylic acids is 1. The van der Waals surface area contributed by atoms with Crippen molar-refractivity contribution in [3.63, 3.8) is 0 Å². The number of isocyanates is 1. The van der Waals surface area contributed by atoms with E-state index in [-0.39, 0.29) is 0 Å². The van der Waals surface area contributed by atoms with Gasteiger partial charge in [0.25, 0.3) is 0 Å². The van der Waals surface area contributed by atoms with Crippen LogP contribution in [0.4, 0.5) is 0 Å². The largest absolute Gasteiger partial charge is 0.294 e. The van der Waals surface area contributed by atoms with Crippen LogP contribution in [-0.4, -0.2) is 12.7 Å². The quantitative estimate of drug-likeness (QED) is 0.323. The molecular weight excluding hydrogens is 125 g/mol. The SMILES string of the molecule is C=CP(C)(=O)N=C=O. The summed E-state index contributed by atoms with van der Waals surface area (Å²) in [5.74, 6) is 1.15. The van der Waals surface area contributed by atoms with Crippen molar-refractivity contribution < 1.29 is 9.36 Å². The molecule has 0 saturated carbocycles. The summed E-state index contributed by atoms with van der Waals surface area (Å²) in [5.41, 5.74) is 0. The van der Waals surface area contributed by atoms with Gasteiger partial charge in [-0.3, -0.25) is 4.57 Å². The first-order valence-corrected chi connectivity index (χ1v) is 4.10. The Morgan fingerprint density at radius 1 is 1.88 bits per heavy atom. The predicted octanol–water partition coefficient (Wildman–Crippen LogP) is 1.37. The molecule has 0 fully saturated rings. The number of rotatable bonds is 2. The third kappa shape index (κ3) is 2.51. The molecule has 0 bridgehead atoms. The van der Waals surface area contributed by atoms with E-state index < -0.39 is 7.29 Å². The summed E-state index contributed by atoms with van der Waals surface area (Å²) in [5, 5.41) is 0. The Balaban J connectivity index is 4.38. The molecule has 3 nitrogen and oxygen atoms in total. The van der Waals surface area contributed by atoms with Gasteiger partial charge in [-0.1, -0.05) is 6.58 Å². The Hall–Kier alpha value is -0.650. The van der Waals surface area contributed by atoms with E-state index in [1.807, 2.05) is 0 Å². The van der Waals surface area contributed by atoms with Gasteiger partial charge in [0.1, 0.15) is 0 Å². The molecule has 0 rings (SSSR count). The molecule has 1 atom stereocenters. The highest BCUT2D eigenvalue weighted by Crippen LogP contribution is 2.42. The summed E-state index contributed by atoms with van der Waals surface area (Å²) in [7, 11) is -2.71. The lowest BCUT2D eigenvalue weighted by Gasteiger charge is -1.90. The van der Waals surface area contributed by atoms with Crippen molar-refractivity contribution in [1.29, 1.82) is 0 Å². The Morgan fingerprint density at radius 2 is 2.38 bits per heavy atom. The van der Waals surface area contributed by atoms with Gasteiger partial charge in [-0.2, -0.15) is 0 Å². The van der Waals surface area contributed by atoms with Crippen molar-refractivity contribution in [2.75, 3.05) is 6.66 Å². The lowest BCUT2D eigenvalue weighted by atomic mass is 11.3. The molecule has 8 heavy (non-hydrogen) atoms. The normalized spacial score (nSPS) is 15.6. The van der Waals surface area contributed by atoms with E-state index >= 15 is 0 Å². The summed E-state index contributed by atoms with van der Waals surface area (Å²) in [4.78, 5) is 9.47. The molecule has 0 saturated heterocycles. The average molecular weight is 131 g/mol. The molecule has 0 amide bonds. The molecule has 0 heterocycles. The van der Waals surface area contributed by atoms with E-state index in [0.717, 1.165) is 5.82 Å². The molecule has 0 aliphatic rings. The van der Waals surface area contributed by atoms with E-state index in [4.69, 9.17) is 0 Å². The average Bonchev–Trinajstić information content (AvgIpc) is 1.67. The summed E-state index contributed by atoms with van der Waals surface area (Å²) in [6.45, 7) is 4.55. The van der Waals surface area contributed by atoms with Gasteiger partial charge in [-0.25, -0.2) is 4.79 Å². The van der Waals surface area contributed by atoms with E-state index in [1.54, 1.807) is 0 Å². The van der Waals surface area contributed by atoms with E-state index in [1.165, 1.54) is 12.7 Å². The Bertz CT molecular complexity index is 180. The first-order chi connectivity index (χ1) is 3.62. The van der Waals surface area contributed by atoms with Crippen molar-refractivity contribution >= 4 is 13.4 Å². The number of hydrogen-bond acceptors (Lipinski definition) is 2. The van der Waals surface area contributed by atoms with Crippen LogP contribution in [0.25, 0.3) is 0 Å². The third-order valence-corrected chi connectivity index (χ3v) is 1.73. The monoisotopic (exact) mass is 131 g/mol. The van der Waals surface area contributed by atoms with Crippen molar-refractivity contribution in [2.24, 2.45) is 4.76 Å². The molecule has 0 radical (unpaired) electrons. The van der Waals surface area contributed by atoms with E-state index in [9.17, 15) is 9.36 Å². The molecule has 4 heteroatoms. The van der Waals surface area contributed by atoms with Crippen LogP contribution in [0.15, 0.2) is 17.2 Å². The molecule has 44 valence electrons. The van der Waals surface area contributed by atoms with Gasteiger partial charge in [-0.05, 0) is 5.82 Å². The molecule has 0 aliphatic carbocycles. The van der Waals surface area contributed by atoms with Crippen LogP contribution in [-0.2, 0) is 9.36 Å². The van der Waals surface area contributed by atoms with Crippen molar-refractivity contribution in [3.05, 3.63) is 12.4 Å². The maximum atomic E-state index is 10.6. The fraction of sp³-hybridized carbons (Fsp3) is 0.250. The Kier molecular flexibility index (Phi) is 2.40. The van der Waals surface area contributed by atoms with Gasteiger partial charge >= 0.3 is 0 Å². The molecule has 0 spiro atoms. The molecule has 1 unspecified atom stereocenters. The van der Waals surface area contributed by atoms with Gasteiger partial charge in [0, 0.05) is 6.66 Å². The van der Waals surface area contributed by atoms with Crippen molar-refractivity contribution in [3.8, 4) is 0 Å². The lowest BCUT2D eigenvalue weighted by Crippen LogP contribution is -1.62. The van der Waals surface area contributed by atoms with Gasteiger partial charge in [0.2, 0.25) is 13.4 Å². The Morgan fingerprint density at radius 3 is 2.50 bits per heavy atom. The second-order valence-corrected chi connectivity index (χ2v) is 3.77. The maximum Gasteiger partial charge on any atom is 0.242 e. The van der Waals surface area contributed by atoms with Crippen LogP contribution in [0.5, 0.6) is 0 Å².